The van der Waals surface area contributed by atoms with Crippen molar-refractivity contribution in [2.45, 2.75) is 18.8 Å². The Kier molecular flexibility index (Phi) is 6.18. The van der Waals surface area contributed by atoms with E-state index in [1.54, 1.807) is 31.4 Å². The average Bonchev–Trinajstić information content (AvgIpc) is 2.49. The molecule has 2 aromatic carbocycles. The first-order chi connectivity index (χ1) is 10.9. The number of rotatable bonds is 7. The van der Waals surface area contributed by atoms with Gasteiger partial charge in [-0.15, -0.1) is 0 Å². The number of hydrogen-bond donors (Lipinski definition) is 1. The van der Waals surface area contributed by atoms with Crippen molar-refractivity contribution in [3.8, 4) is 0 Å². The molecule has 0 heterocycles. The SMILES string of the molecule is COC(CNS(=O)(=O)Cc1cccc(Cl)c1)c1ccccc1C. The Labute approximate surface area is 142 Å². The lowest BCUT2D eigenvalue weighted by atomic mass is 10.0. The molecular weight excluding hydrogens is 334 g/mol. The summed E-state index contributed by atoms with van der Waals surface area (Å²) >= 11 is 5.89. The second-order valence-electron chi connectivity index (χ2n) is 5.32. The Morgan fingerprint density at radius 3 is 2.57 bits per heavy atom. The fraction of sp³-hybridized carbons (Fsp3) is 0.294. The lowest BCUT2D eigenvalue weighted by molar-refractivity contribution is 0.107. The maximum Gasteiger partial charge on any atom is 0.215 e. The smallest absolute Gasteiger partial charge is 0.215 e. The van der Waals surface area contributed by atoms with Gasteiger partial charge in [0.25, 0.3) is 0 Å². The van der Waals surface area contributed by atoms with Gasteiger partial charge in [-0.1, -0.05) is 48.0 Å². The molecule has 0 saturated carbocycles. The van der Waals surface area contributed by atoms with Crippen molar-refractivity contribution in [1.82, 2.24) is 4.72 Å². The predicted octanol–water partition coefficient (Wildman–Crippen LogP) is 3.46. The largest absolute Gasteiger partial charge is 0.375 e. The van der Waals surface area contributed by atoms with E-state index < -0.39 is 10.0 Å². The molecule has 6 heteroatoms. The molecule has 0 bridgehead atoms. The first-order valence-corrected chi connectivity index (χ1v) is 9.24. The van der Waals surface area contributed by atoms with Crippen LogP contribution in [-0.4, -0.2) is 22.1 Å². The van der Waals surface area contributed by atoms with Crippen LogP contribution in [-0.2, 0) is 20.5 Å². The number of halogens is 1. The highest BCUT2D eigenvalue weighted by Crippen LogP contribution is 2.20. The average molecular weight is 354 g/mol. The van der Waals surface area contributed by atoms with Crippen LogP contribution >= 0.6 is 11.6 Å². The highest BCUT2D eigenvalue weighted by atomic mass is 35.5. The molecule has 23 heavy (non-hydrogen) atoms. The Balaban J connectivity index is 2.04. The zero-order valence-corrected chi connectivity index (χ0v) is 14.7. The summed E-state index contributed by atoms with van der Waals surface area (Å²) in [7, 11) is -1.89. The summed E-state index contributed by atoms with van der Waals surface area (Å²) in [4.78, 5) is 0. The third kappa shape index (κ3) is 5.32. The van der Waals surface area contributed by atoms with Gasteiger partial charge in [-0.05, 0) is 35.7 Å². The van der Waals surface area contributed by atoms with E-state index in [0.717, 1.165) is 11.1 Å². The van der Waals surface area contributed by atoms with Crippen LogP contribution < -0.4 is 4.72 Å². The molecule has 0 aliphatic heterocycles. The molecule has 2 rings (SSSR count). The number of nitrogens with one attached hydrogen (secondary N) is 1. The summed E-state index contributed by atoms with van der Waals surface area (Å²) in [6.45, 7) is 2.16. The summed E-state index contributed by atoms with van der Waals surface area (Å²) in [5.74, 6) is -0.113. The molecule has 1 N–H and O–H groups in total. The van der Waals surface area contributed by atoms with Crippen molar-refractivity contribution >= 4 is 21.6 Å². The van der Waals surface area contributed by atoms with E-state index in [4.69, 9.17) is 16.3 Å². The monoisotopic (exact) mass is 353 g/mol. The van der Waals surface area contributed by atoms with Crippen molar-refractivity contribution in [2.75, 3.05) is 13.7 Å². The van der Waals surface area contributed by atoms with Crippen molar-refractivity contribution in [3.05, 3.63) is 70.2 Å². The quantitative estimate of drug-likeness (QED) is 0.829. The summed E-state index contributed by atoms with van der Waals surface area (Å²) in [6.07, 6.45) is -0.328. The van der Waals surface area contributed by atoms with Crippen LogP contribution in [0.1, 0.15) is 22.8 Å². The minimum atomic E-state index is -3.47. The van der Waals surface area contributed by atoms with Crippen molar-refractivity contribution in [2.24, 2.45) is 0 Å². The highest BCUT2D eigenvalue weighted by Gasteiger charge is 2.17. The van der Waals surface area contributed by atoms with E-state index >= 15 is 0 Å². The molecule has 4 nitrogen and oxygen atoms in total. The van der Waals surface area contributed by atoms with E-state index in [9.17, 15) is 8.42 Å². The van der Waals surface area contributed by atoms with Gasteiger partial charge >= 0.3 is 0 Å². The van der Waals surface area contributed by atoms with Gasteiger partial charge in [-0.3, -0.25) is 0 Å². The van der Waals surface area contributed by atoms with Crippen LogP contribution in [0.4, 0.5) is 0 Å². The normalized spacial score (nSPS) is 13.0. The van der Waals surface area contributed by atoms with Gasteiger partial charge in [0, 0.05) is 18.7 Å². The first-order valence-electron chi connectivity index (χ1n) is 7.21. The summed E-state index contributed by atoms with van der Waals surface area (Å²) in [6, 6.07) is 14.6. The number of sulfonamides is 1. The molecule has 2 aromatic rings. The Bertz CT molecular complexity index is 762. The second kappa shape index (κ2) is 7.93. The summed E-state index contributed by atoms with van der Waals surface area (Å²) < 4.78 is 32.5. The minimum absolute atomic E-state index is 0.113. The molecule has 124 valence electrons. The van der Waals surface area contributed by atoms with Gasteiger partial charge in [-0.25, -0.2) is 13.1 Å². The predicted molar refractivity (Wildman–Crippen MR) is 93.0 cm³/mol. The minimum Gasteiger partial charge on any atom is -0.375 e. The third-order valence-electron chi connectivity index (χ3n) is 3.55. The van der Waals surface area contributed by atoms with Gasteiger partial charge in [0.15, 0.2) is 0 Å². The van der Waals surface area contributed by atoms with Crippen molar-refractivity contribution < 1.29 is 13.2 Å². The molecule has 1 unspecified atom stereocenters. The Morgan fingerprint density at radius 1 is 1.17 bits per heavy atom. The van der Waals surface area contributed by atoms with Gasteiger partial charge in [-0.2, -0.15) is 0 Å². The van der Waals surface area contributed by atoms with Gasteiger partial charge in [0.1, 0.15) is 0 Å². The first kappa shape index (κ1) is 17.9. The highest BCUT2D eigenvalue weighted by molar-refractivity contribution is 7.88. The number of benzene rings is 2. The second-order valence-corrected chi connectivity index (χ2v) is 7.56. The van der Waals surface area contributed by atoms with Crippen LogP contribution in [0.15, 0.2) is 48.5 Å². The topological polar surface area (TPSA) is 55.4 Å². The van der Waals surface area contributed by atoms with Crippen LogP contribution in [0.25, 0.3) is 0 Å². The number of aryl methyl sites for hydroxylation is 1. The van der Waals surface area contributed by atoms with Gasteiger partial charge in [0.2, 0.25) is 10.0 Å². The van der Waals surface area contributed by atoms with Gasteiger partial charge < -0.3 is 4.74 Å². The van der Waals surface area contributed by atoms with E-state index in [2.05, 4.69) is 4.72 Å². The molecule has 0 fully saturated rings. The lowest BCUT2D eigenvalue weighted by Gasteiger charge is -2.18. The van der Waals surface area contributed by atoms with Crippen molar-refractivity contribution in [3.63, 3.8) is 0 Å². The standard InChI is InChI=1S/C17H20ClNO3S/c1-13-6-3-4-9-16(13)17(22-2)11-19-23(20,21)12-14-7-5-8-15(18)10-14/h3-10,17,19H,11-12H2,1-2H3. The summed E-state index contributed by atoms with van der Waals surface area (Å²) in [5.41, 5.74) is 2.68. The van der Waals surface area contributed by atoms with E-state index in [1.165, 1.54) is 0 Å². The maximum atomic E-state index is 12.2. The molecule has 0 aromatic heterocycles. The lowest BCUT2D eigenvalue weighted by Crippen LogP contribution is -2.30. The molecule has 0 spiro atoms. The van der Waals surface area contributed by atoms with E-state index in [-0.39, 0.29) is 18.4 Å². The fourth-order valence-corrected chi connectivity index (χ4v) is 3.71. The molecular formula is C17H20ClNO3S. The molecule has 1 atom stereocenters. The van der Waals surface area contributed by atoms with Crippen LogP contribution in [0.3, 0.4) is 0 Å². The zero-order chi connectivity index (χ0) is 16.9. The third-order valence-corrected chi connectivity index (χ3v) is 5.11. The zero-order valence-electron chi connectivity index (χ0n) is 13.1. The number of methoxy groups -OCH3 is 1. The molecule has 0 amide bonds. The molecule has 0 radical (unpaired) electrons. The molecule has 0 saturated heterocycles. The molecule has 0 aliphatic carbocycles. The number of hydrogen-bond acceptors (Lipinski definition) is 3. The van der Waals surface area contributed by atoms with Crippen LogP contribution in [0.5, 0.6) is 0 Å². The fourth-order valence-electron chi connectivity index (χ4n) is 2.37. The Hall–Kier alpha value is -1.40. The maximum absolute atomic E-state index is 12.2. The van der Waals surface area contributed by atoms with Crippen LogP contribution in [0.2, 0.25) is 5.02 Å². The molecule has 0 aliphatic rings. The van der Waals surface area contributed by atoms with Crippen molar-refractivity contribution in [1.29, 1.82) is 0 Å². The summed E-state index contributed by atoms with van der Waals surface area (Å²) in [5, 5.41) is 0.521. The van der Waals surface area contributed by atoms with Crippen LogP contribution in [0, 0.1) is 6.92 Å². The van der Waals surface area contributed by atoms with E-state index in [1.807, 2.05) is 31.2 Å². The number of ether oxygens (including phenoxy) is 1. The van der Waals surface area contributed by atoms with E-state index in [0.29, 0.717) is 10.6 Å². The van der Waals surface area contributed by atoms with Gasteiger partial charge in [0.05, 0.1) is 11.9 Å². The Morgan fingerprint density at radius 2 is 1.91 bits per heavy atom.